The minimum atomic E-state index is -0.145. The molecule has 0 aromatic carbocycles. The molecule has 1 fully saturated rings. The fourth-order valence-corrected chi connectivity index (χ4v) is 1.68. The van der Waals surface area contributed by atoms with Crippen molar-refractivity contribution in [2.45, 2.75) is 25.3 Å². The maximum Gasteiger partial charge on any atom is -0.0548 e. The van der Waals surface area contributed by atoms with E-state index in [1.807, 2.05) is 0 Å². The van der Waals surface area contributed by atoms with Crippen LogP contribution in [0.25, 0.3) is 21.5 Å². The fraction of sp³-hybridized carbons (Fsp3) is 0.500. The van der Waals surface area contributed by atoms with Crippen molar-refractivity contribution in [1.29, 1.82) is 0 Å². The van der Waals surface area contributed by atoms with Gasteiger partial charge in [0, 0.05) is 0 Å². The third-order valence-corrected chi connectivity index (χ3v) is 2.36. The topological polar surface area (TPSA) is 72.8 Å². The quantitative estimate of drug-likeness (QED) is 0.248. The summed E-state index contributed by atoms with van der Waals surface area (Å²) in [5, 5.41) is 25.9. The summed E-state index contributed by atoms with van der Waals surface area (Å²) in [7, 11) is 0. The average molecular weight is 557 g/mol. The first kappa shape index (κ1) is 23.9. The van der Waals surface area contributed by atoms with Crippen LogP contribution in [0.2, 0.25) is 0 Å². The van der Waals surface area contributed by atoms with Gasteiger partial charge < -0.3 is 21.5 Å². The molecular weight excluding hydrogens is 543 g/mol. The Hall–Kier alpha value is 0.599. The van der Waals surface area contributed by atoms with Crippen LogP contribution in [0.4, 0.5) is 0 Å². The molecule has 2 aliphatic heterocycles. The third kappa shape index (κ3) is 16.8. The molecule has 0 aromatic rings. The smallest absolute Gasteiger partial charge is 0.0548 e. The van der Waals surface area contributed by atoms with Gasteiger partial charge in [0.15, 0.2) is 0 Å². The fourth-order valence-electron chi connectivity index (χ4n) is 1.68. The van der Waals surface area contributed by atoms with Crippen LogP contribution >= 0.6 is 49.8 Å². The third-order valence-electron chi connectivity index (χ3n) is 2.36. The van der Waals surface area contributed by atoms with Gasteiger partial charge in [-0.2, -0.15) is 16.0 Å². The summed E-state index contributed by atoms with van der Waals surface area (Å²) < 4.78 is 0. The van der Waals surface area contributed by atoms with Gasteiger partial charge in [0.25, 0.3) is 0 Å². The van der Waals surface area contributed by atoms with Gasteiger partial charge in [-0.05, 0) is 0 Å². The zero-order valence-corrected chi connectivity index (χ0v) is 18.9. The molecule has 1 saturated heterocycles. The maximum atomic E-state index is 7.13. The van der Waals surface area contributed by atoms with Crippen LogP contribution < -0.4 is 0 Å². The van der Waals surface area contributed by atoms with E-state index >= 15 is 0 Å². The molecule has 0 N–H and O–H groups in total. The average Bonchev–Trinajstić information content (AvgIpc) is 2.51. The van der Waals surface area contributed by atoms with E-state index in [2.05, 4.69) is 78.7 Å². The molecule has 21 heavy (non-hydrogen) atoms. The van der Waals surface area contributed by atoms with Gasteiger partial charge in [-0.1, -0.05) is 55.9 Å². The summed E-state index contributed by atoms with van der Waals surface area (Å²) in [4.78, 5) is 0. The van der Waals surface area contributed by atoms with E-state index in [1.165, 1.54) is 35.3 Å². The van der Waals surface area contributed by atoms with Crippen molar-refractivity contribution in [2.75, 3.05) is 13.1 Å². The molecule has 2 radical (unpaired) electrons. The number of hydrogen-bond donors (Lipinski definition) is 0. The van der Waals surface area contributed by atoms with Crippen LogP contribution in [0.3, 0.4) is 0 Å². The molecule has 2 heterocycles. The number of halogens is 2. The van der Waals surface area contributed by atoms with Gasteiger partial charge in [-0.3, -0.25) is 0 Å². The molecule has 0 aromatic heterocycles. The SMILES string of the molecule is C1=CC[N-]C(C2CCCC[N-]2)=C1.[Br][Sn][Br].[N-]=C=S.[N-]=C=S. The number of hydrogen-bond acceptors (Lipinski definition) is 2. The Kier molecular flexibility index (Phi) is 23.4. The van der Waals surface area contributed by atoms with Crippen molar-refractivity contribution in [3.05, 3.63) is 45.4 Å². The van der Waals surface area contributed by atoms with Crippen molar-refractivity contribution in [1.82, 2.24) is 0 Å². The second-order valence-corrected chi connectivity index (χ2v) is 16.8. The minimum Gasteiger partial charge on any atom is -0.753 e. The number of nitrogens with zero attached hydrogens (tertiary/aromatic N) is 4. The molecule has 9 heteroatoms. The van der Waals surface area contributed by atoms with Gasteiger partial charge >= 0.3 is 42.1 Å². The first-order valence-corrected chi connectivity index (χ1v) is 19.5. The standard InChI is InChI=1S/C10H14N2.2CNS.2BrH.Sn/c1-3-7-11-9(5-1)10-6-2-4-8-12-10;2*2-1-3;;;/h1,3,5,10H,2,4,6-8H2;;;2*1H;/q-2;2*-1;;;+2/p-2. The van der Waals surface area contributed by atoms with Crippen molar-refractivity contribution >= 4 is 76.9 Å². The van der Waals surface area contributed by atoms with Crippen LogP contribution in [0.15, 0.2) is 23.9 Å². The molecule has 0 bridgehead atoms. The second-order valence-electron chi connectivity index (χ2n) is 3.53. The minimum absolute atomic E-state index is 0.145. The van der Waals surface area contributed by atoms with Crippen LogP contribution in [0.5, 0.6) is 0 Å². The van der Waals surface area contributed by atoms with Crippen LogP contribution in [-0.2, 0) is 0 Å². The molecule has 0 saturated carbocycles. The summed E-state index contributed by atoms with van der Waals surface area (Å²) in [5.74, 6) is 0. The number of allylic oxidation sites excluding steroid dienone is 2. The molecule has 0 amide bonds. The summed E-state index contributed by atoms with van der Waals surface area (Å²) in [6, 6.07) is 0.406. The molecule has 0 aliphatic carbocycles. The van der Waals surface area contributed by atoms with E-state index in [-0.39, 0.29) is 16.7 Å². The predicted molar refractivity (Wildman–Crippen MR) is 107 cm³/mol. The largest absolute Gasteiger partial charge is 0.753 e. The Morgan fingerprint density at radius 3 is 2.19 bits per heavy atom. The van der Waals surface area contributed by atoms with Gasteiger partial charge in [0.2, 0.25) is 0 Å². The van der Waals surface area contributed by atoms with Crippen LogP contribution in [0, 0.1) is 0 Å². The van der Waals surface area contributed by atoms with Crippen LogP contribution in [-0.4, -0.2) is 46.2 Å². The zero-order valence-electron chi connectivity index (χ0n) is 11.2. The van der Waals surface area contributed by atoms with Crippen molar-refractivity contribution in [3.8, 4) is 0 Å². The molecule has 1 atom stereocenters. The van der Waals surface area contributed by atoms with Gasteiger partial charge in [-0.15, -0.1) is 25.2 Å². The Morgan fingerprint density at radius 2 is 1.81 bits per heavy atom. The molecule has 2 aliphatic rings. The normalized spacial score (nSPS) is 18.4. The van der Waals surface area contributed by atoms with E-state index in [0.29, 0.717) is 6.04 Å². The molecule has 2 rings (SSSR count). The number of isothiocyanates is 2. The van der Waals surface area contributed by atoms with E-state index < -0.39 is 0 Å². The number of rotatable bonds is 1. The van der Waals surface area contributed by atoms with Crippen LogP contribution in [0.1, 0.15) is 19.3 Å². The first-order valence-electron chi connectivity index (χ1n) is 5.91. The molecular formula is C12H14Br2N4S2Sn-4. The molecule has 1 unspecified atom stereocenters. The van der Waals surface area contributed by atoms with Gasteiger partial charge in [-0.25, -0.2) is 0 Å². The van der Waals surface area contributed by atoms with Gasteiger partial charge in [0.05, 0.1) is 0 Å². The summed E-state index contributed by atoms with van der Waals surface area (Å²) in [5.41, 5.74) is 1.19. The van der Waals surface area contributed by atoms with E-state index in [1.54, 1.807) is 0 Å². The van der Waals surface area contributed by atoms with E-state index in [4.69, 9.17) is 10.8 Å². The van der Waals surface area contributed by atoms with Gasteiger partial charge in [0.1, 0.15) is 0 Å². The Labute approximate surface area is 159 Å². The predicted octanol–water partition coefficient (Wildman–Crippen LogP) is 5.37. The van der Waals surface area contributed by atoms with Crippen molar-refractivity contribution in [3.63, 3.8) is 0 Å². The zero-order chi connectivity index (χ0) is 16.3. The maximum absolute atomic E-state index is 7.13. The Bertz CT molecular complexity index is 361. The molecule has 116 valence electrons. The first-order chi connectivity index (χ1) is 10.2. The monoisotopic (exact) mass is 556 g/mol. The van der Waals surface area contributed by atoms with Crippen molar-refractivity contribution in [2.24, 2.45) is 0 Å². The number of thiocarbonyl (C=S) groups is 2. The Morgan fingerprint density at radius 1 is 1.24 bits per heavy atom. The second kappa shape index (κ2) is 20.6. The molecule has 0 spiro atoms. The van der Waals surface area contributed by atoms with Crippen molar-refractivity contribution < 1.29 is 0 Å². The van der Waals surface area contributed by atoms with E-state index in [9.17, 15) is 0 Å². The summed E-state index contributed by atoms with van der Waals surface area (Å²) >= 11 is 13.7. The molecule has 4 nitrogen and oxygen atoms in total. The summed E-state index contributed by atoms with van der Waals surface area (Å²) in [6.07, 6.45) is 10.0. The summed E-state index contributed by atoms with van der Waals surface area (Å²) in [6.45, 7) is 1.87. The Balaban J connectivity index is 0. The number of piperidine rings is 1. The van der Waals surface area contributed by atoms with E-state index in [0.717, 1.165) is 13.1 Å².